The molecule has 1 saturated carbocycles. The van der Waals surface area contributed by atoms with Crippen molar-refractivity contribution >= 4 is 5.97 Å². The van der Waals surface area contributed by atoms with Gasteiger partial charge < -0.3 is 5.11 Å². The highest BCUT2D eigenvalue weighted by Gasteiger charge is 2.41. The van der Waals surface area contributed by atoms with Crippen molar-refractivity contribution in [1.82, 2.24) is 4.90 Å². The predicted octanol–water partition coefficient (Wildman–Crippen LogP) is 3.00. The Hall–Kier alpha value is -0.570. The number of likely N-dealkylation sites (tertiary alicyclic amines) is 1. The number of carboxylic acids is 1. The van der Waals surface area contributed by atoms with Gasteiger partial charge in [-0.25, -0.2) is 0 Å². The van der Waals surface area contributed by atoms with Crippen LogP contribution in [0.4, 0.5) is 0 Å². The third kappa shape index (κ3) is 2.56. The summed E-state index contributed by atoms with van der Waals surface area (Å²) in [6.07, 6.45) is 5.75. The number of nitrogens with zero attached hydrogens (tertiary/aromatic N) is 1. The fraction of sp³-hybridized carbons (Fsp3) is 0.933. The first-order valence-corrected chi connectivity index (χ1v) is 7.41. The van der Waals surface area contributed by atoms with Crippen LogP contribution in [0.5, 0.6) is 0 Å². The van der Waals surface area contributed by atoms with E-state index in [1.807, 2.05) is 6.92 Å². The van der Waals surface area contributed by atoms with Crippen molar-refractivity contribution in [1.29, 1.82) is 0 Å². The summed E-state index contributed by atoms with van der Waals surface area (Å²) in [6, 6.07) is 0.604. The Bertz CT molecular complexity index is 318. The summed E-state index contributed by atoms with van der Waals surface area (Å²) in [5, 5.41) is 9.40. The average molecular weight is 253 g/mol. The zero-order chi connectivity index (χ0) is 13.3. The Morgan fingerprint density at radius 1 is 1.28 bits per heavy atom. The van der Waals surface area contributed by atoms with Crippen LogP contribution in [0.25, 0.3) is 0 Å². The summed E-state index contributed by atoms with van der Waals surface area (Å²) in [5.41, 5.74) is -0.529. The molecule has 0 radical (unpaired) electrons. The van der Waals surface area contributed by atoms with Gasteiger partial charge in [-0.3, -0.25) is 9.69 Å². The lowest BCUT2D eigenvalue weighted by Crippen LogP contribution is -2.53. The van der Waals surface area contributed by atoms with Gasteiger partial charge in [0.25, 0.3) is 0 Å². The lowest BCUT2D eigenvalue weighted by molar-refractivity contribution is -0.152. The monoisotopic (exact) mass is 253 g/mol. The van der Waals surface area contributed by atoms with Gasteiger partial charge in [0.15, 0.2) is 0 Å². The van der Waals surface area contributed by atoms with Gasteiger partial charge in [-0.15, -0.1) is 0 Å². The number of rotatable bonds is 2. The fourth-order valence-corrected chi connectivity index (χ4v) is 3.81. The van der Waals surface area contributed by atoms with Crippen LogP contribution >= 0.6 is 0 Å². The number of aliphatic carboxylic acids is 1. The normalized spacial score (nSPS) is 42.7. The lowest BCUT2D eigenvalue weighted by atomic mass is 9.74. The van der Waals surface area contributed by atoms with Crippen LogP contribution in [0.3, 0.4) is 0 Å². The van der Waals surface area contributed by atoms with E-state index in [4.69, 9.17) is 0 Å². The molecule has 3 nitrogen and oxygen atoms in total. The molecule has 0 amide bonds. The maximum atomic E-state index is 11.4. The van der Waals surface area contributed by atoms with Gasteiger partial charge in [-0.05, 0) is 44.6 Å². The summed E-state index contributed by atoms with van der Waals surface area (Å²) < 4.78 is 0. The molecule has 4 atom stereocenters. The van der Waals surface area contributed by atoms with Crippen LogP contribution in [0.15, 0.2) is 0 Å². The van der Waals surface area contributed by atoms with E-state index in [-0.39, 0.29) is 0 Å². The highest BCUT2D eigenvalue weighted by atomic mass is 16.4. The van der Waals surface area contributed by atoms with E-state index < -0.39 is 11.4 Å². The third-order valence-electron chi connectivity index (χ3n) is 5.38. The molecule has 104 valence electrons. The lowest BCUT2D eigenvalue weighted by Gasteiger charge is -2.47. The van der Waals surface area contributed by atoms with Crippen molar-refractivity contribution in [2.75, 3.05) is 13.1 Å². The Morgan fingerprint density at radius 2 is 2.00 bits per heavy atom. The van der Waals surface area contributed by atoms with E-state index in [1.165, 1.54) is 19.3 Å². The van der Waals surface area contributed by atoms with E-state index in [9.17, 15) is 9.90 Å². The van der Waals surface area contributed by atoms with Crippen molar-refractivity contribution in [3.05, 3.63) is 0 Å². The first-order valence-electron chi connectivity index (χ1n) is 7.41. The van der Waals surface area contributed by atoms with Crippen LogP contribution in [-0.4, -0.2) is 35.1 Å². The second-order valence-corrected chi connectivity index (χ2v) is 6.77. The summed E-state index contributed by atoms with van der Waals surface area (Å²) in [4.78, 5) is 13.9. The van der Waals surface area contributed by atoms with Gasteiger partial charge >= 0.3 is 5.97 Å². The van der Waals surface area contributed by atoms with Gasteiger partial charge in [0, 0.05) is 12.6 Å². The quantitative estimate of drug-likeness (QED) is 0.822. The molecule has 1 saturated heterocycles. The van der Waals surface area contributed by atoms with E-state index in [0.717, 1.165) is 31.8 Å². The molecule has 0 spiro atoms. The fourth-order valence-electron chi connectivity index (χ4n) is 3.81. The minimum Gasteiger partial charge on any atom is -0.481 e. The Balaban J connectivity index is 2.06. The van der Waals surface area contributed by atoms with E-state index in [0.29, 0.717) is 12.0 Å². The van der Waals surface area contributed by atoms with Gasteiger partial charge in [-0.2, -0.15) is 0 Å². The van der Waals surface area contributed by atoms with Crippen LogP contribution in [0.2, 0.25) is 0 Å². The van der Waals surface area contributed by atoms with Crippen molar-refractivity contribution in [3.63, 3.8) is 0 Å². The third-order valence-corrected chi connectivity index (χ3v) is 5.38. The maximum Gasteiger partial charge on any atom is 0.310 e. The average Bonchev–Trinajstić information content (AvgIpc) is 2.32. The SMILES string of the molecule is CC1CCCC(N2CCCC(C)(C(=O)O)C2)C1C. The zero-order valence-corrected chi connectivity index (χ0v) is 12.0. The Kier molecular flexibility index (Phi) is 4.00. The molecule has 1 aliphatic carbocycles. The highest BCUT2D eigenvalue weighted by Crippen LogP contribution is 2.37. The molecule has 1 N–H and O–H groups in total. The maximum absolute atomic E-state index is 11.4. The molecule has 3 heteroatoms. The second-order valence-electron chi connectivity index (χ2n) is 6.77. The van der Waals surface area contributed by atoms with Gasteiger partial charge in [0.05, 0.1) is 5.41 Å². The molecule has 2 fully saturated rings. The number of carbonyl (C=O) groups is 1. The van der Waals surface area contributed by atoms with E-state index in [2.05, 4.69) is 18.7 Å². The number of hydrogen-bond donors (Lipinski definition) is 1. The zero-order valence-electron chi connectivity index (χ0n) is 12.0. The minimum atomic E-state index is -0.622. The molecule has 18 heavy (non-hydrogen) atoms. The van der Waals surface area contributed by atoms with Crippen molar-refractivity contribution in [2.45, 2.75) is 58.9 Å². The Labute approximate surface area is 111 Å². The topological polar surface area (TPSA) is 40.5 Å². The summed E-state index contributed by atoms with van der Waals surface area (Å²) in [5.74, 6) is 0.861. The van der Waals surface area contributed by atoms with E-state index in [1.54, 1.807) is 0 Å². The van der Waals surface area contributed by atoms with Gasteiger partial charge in [0.1, 0.15) is 0 Å². The molecular weight excluding hydrogens is 226 g/mol. The van der Waals surface area contributed by atoms with Crippen LogP contribution in [0.1, 0.15) is 52.9 Å². The van der Waals surface area contributed by atoms with E-state index >= 15 is 0 Å². The summed E-state index contributed by atoms with van der Waals surface area (Å²) in [7, 11) is 0. The Morgan fingerprint density at radius 3 is 2.67 bits per heavy atom. The number of piperidine rings is 1. The predicted molar refractivity (Wildman–Crippen MR) is 72.5 cm³/mol. The number of carboxylic acid groups (broad SMARTS) is 1. The molecule has 0 aromatic heterocycles. The second kappa shape index (κ2) is 5.20. The van der Waals surface area contributed by atoms with Crippen molar-refractivity contribution in [2.24, 2.45) is 17.3 Å². The first kappa shape index (κ1) is 13.9. The molecule has 0 aromatic carbocycles. The molecule has 0 aromatic rings. The molecule has 1 heterocycles. The van der Waals surface area contributed by atoms with Crippen molar-refractivity contribution in [3.8, 4) is 0 Å². The molecule has 4 unspecified atom stereocenters. The minimum absolute atomic E-state index is 0.529. The molecule has 1 aliphatic heterocycles. The van der Waals surface area contributed by atoms with Gasteiger partial charge in [-0.1, -0.05) is 26.7 Å². The largest absolute Gasteiger partial charge is 0.481 e. The first-order chi connectivity index (χ1) is 8.44. The molecular formula is C15H27NO2. The molecule has 2 aliphatic rings. The van der Waals surface area contributed by atoms with Crippen LogP contribution in [-0.2, 0) is 4.79 Å². The van der Waals surface area contributed by atoms with Crippen molar-refractivity contribution < 1.29 is 9.90 Å². The highest BCUT2D eigenvalue weighted by molar-refractivity contribution is 5.74. The standard InChI is InChI=1S/C15H27NO2/c1-11-6-4-7-13(12(11)2)16-9-5-8-15(3,10-16)14(17)18/h11-13H,4-10H2,1-3H3,(H,17,18). The number of hydrogen-bond acceptors (Lipinski definition) is 2. The van der Waals surface area contributed by atoms with Crippen LogP contribution in [0, 0.1) is 17.3 Å². The smallest absolute Gasteiger partial charge is 0.310 e. The summed E-state index contributed by atoms with van der Waals surface area (Å²) >= 11 is 0. The van der Waals surface area contributed by atoms with Crippen LogP contribution < -0.4 is 0 Å². The van der Waals surface area contributed by atoms with Gasteiger partial charge in [0.2, 0.25) is 0 Å². The molecule has 2 rings (SSSR count). The summed E-state index contributed by atoms with van der Waals surface area (Å²) in [6.45, 7) is 8.44. The molecule has 0 bridgehead atoms.